The van der Waals surface area contributed by atoms with Gasteiger partial charge in [0, 0.05) is 18.4 Å². The lowest BCUT2D eigenvalue weighted by molar-refractivity contribution is 0.116. The fraction of sp³-hybridized carbons (Fsp3) is 0.320. The molecule has 0 aliphatic heterocycles. The number of imidazole rings is 1. The number of nitrogens with zero attached hydrogens (tertiary/aromatic N) is 4. The number of fused-ring (bicyclic) bond motifs is 3. The van der Waals surface area contributed by atoms with Gasteiger partial charge in [-0.1, -0.05) is 49.7 Å². The van der Waals surface area contributed by atoms with Gasteiger partial charge in [0.2, 0.25) is 0 Å². The number of urea groups is 1. The summed E-state index contributed by atoms with van der Waals surface area (Å²) in [5, 5.41) is 2.19. The van der Waals surface area contributed by atoms with Gasteiger partial charge < -0.3 is 16.0 Å². The Hall–Kier alpha value is -3.65. The summed E-state index contributed by atoms with van der Waals surface area (Å²) >= 11 is 0. The van der Waals surface area contributed by atoms with Crippen molar-refractivity contribution in [1.82, 2.24) is 14.5 Å². The Kier molecular flexibility index (Phi) is 7.04. The van der Waals surface area contributed by atoms with Crippen molar-refractivity contribution in [1.29, 1.82) is 0 Å². The Balaban J connectivity index is 1.51. The van der Waals surface area contributed by atoms with Crippen LogP contribution in [0, 0.1) is 0 Å². The predicted octanol–water partition coefficient (Wildman–Crippen LogP) is 4.81. The van der Waals surface area contributed by atoms with Gasteiger partial charge >= 0.3 is 6.03 Å². The number of para-hydroxylation sites is 2. The molecule has 0 spiro atoms. The summed E-state index contributed by atoms with van der Waals surface area (Å²) in [6, 6.07) is 16.5. The number of anilines is 2. The first-order valence-corrected chi connectivity index (χ1v) is 11.4. The van der Waals surface area contributed by atoms with Gasteiger partial charge in [-0.05, 0) is 37.5 Å². The molecule has 2 amide bonds. The molecule has 0 saturated carbocycles. The number of rotatable bonds is 10. The van der Waals surface area contributed by atoms with E-state index in [2.05, 4.69) is 22.5 Å². The number of hydrogen-bond donors (Lipinski definition) is 2. The highest BCUT2D eigenvalue weighted by atomic mass is 16.7. The lowest BCUT2D eigenvalue weighted by Gasteiger charge is -2.19. The number of aromatic nitrogens is 3. The highest BCUT2D eigenvalue weighted by Gasteiger charge is 2.17. The summed E-state index contributed by atoms with van der Waals surface area (Å²) in [7, 11) is 0. The minimum absolute atomic E-state index is 0.374. The van der Waals surface area contributed by atoms with Crippen molar-refractivity contribution in [2.75, 3.05) is 17.4 Å². The maximum absolute atomic E-state index is 11.8. The SMILES string of the molecule is CCCCc1nc2c(N)nc3ccccc3c2n1CCCCON(C(N)=O)c1ccccc1. The van der Waals surface area contributed by atoms with Gasteiger partial charge in [0.15, 0.2) is 5.82 Å². The van der Waals surface area contributed by atoms with Crippen LogP contribution in [0.1, 0.15) is 38.4 Å². The molecule has 0 aliphatic rings. The maximum Gasteiger partial charge on any atom is 0.343 e. The molecule has 0 bridgehead atoms. The van der Waals surface area contributed by atoms with E-state index in [0.717, 1.165) is 71.5 Å². The summed E-state index contributed by atoms with van der Waals surface area (Å²) in [6.45, 7) is 3.32. The zero-order valence-electron chi connectivity index (χ0n) is 18.9. The molecule has 8 heteroatoms. The quantitative estimate of drug-likeness (QED) is 0.268. The second-order valence-electron chi connectivity index (χ2n) is 8.00. The summed E-state index contributed by atoms with van der Waals surface area (Å²) in [4.78, 5) is 26.9. The Morgan fingerprint density at radius 2 is 1.79 bits per heavy atom. The lowest BCUT2D eigenvalue weighted by Crippen LogP contribution is -2.36. The third-order valence-corrected chi connectivity index (χ3v) is 5.63. The third-order valence-electron chi connectivity index (χ3n) is 5.63. The molecule has 0 radical (unpaired) electrons. The Bertz CT molecular complexity index is 1240. The van der Waals surface area contributed by atoms with Crippen LogP contribution in [0.4, 0.5) is 16.3 Å². The van der Waals surface area contributed by atoms with E-state index >= 15 is 0 Å². The number of carbonyl (C=O) groups excluding carboxylic acids is 1. The number of pyridine rings is 1. The minimum atomic E-state index is -0.641. The average Bonchev–Trinajstić information content (AvgIpc) is 3.19. The van der Waals surface area contributed by atoms with Crippen LogP contribution in [-0.4, -0.2) is 27.2 Å². The largest absolute Gasteiger partial charge is 0.382 e. The van der Waals surface area contributed by atoms with Crippen molar-refractivity contribution in [3.05, 3.63) is 60.4 Å². The van der Waals surface area contributed by atoms with Crippen LogP contribution in [0.3, 0.4) is 0 Å². The van der Waals surface area contributed by atoms with E-state index < -0.39 is 6.03 Å². The molecule has 4 aromatic rings. The number of nitrogens with two attached hydrogens (primary N) is 2. The molecule has 2 heterocycles. The number of aryl methyl sites for hydroxylation is 2. The van der Waals surface area contributed by atoms with Crippen LogP contribution in [0.2, 0.25) is 0 Å². The second-order valence-corrected chi connectivity index (χ2v) is 8.00. The van der Waals surface area contributed by atoms with Crippen LogP contribution in [0.25, 0.3) is 21.9 Å². The molecule has 2 aromatic heterocycles. The normalized spacial score (nSPS) is 11.3. The van der Waals surface area contributed by atoms with Crippen molar-refractivity contribution in [3.63, 3.8) is 0 Å². The van der Waals surface area contributed by atoms with Crippen LogP contribution < -0.4 is 16.5 Å². The van der Waals surface area contributed by atoms with Crippen molar-refractivity contribution in [2.45, 2.75) is 45.6 Å². The molecule has 0 fully saturated rings. The topological polar surface area (TPSA) is 112 Å². The lowest BCUT2D eigenvalue weighted by atomic mass is 10.2. The van der Waals surface area contributed by atoms with Crippen molar-refractivity contribution >= 4 is 39.5 Å². The molecule has 0 saturated heterocycles. The molecule has 8 nitrogen and oxygen atoms in total. The fourth-order valence-corrected chi connectivity index (χ4v) is 4.03. The molecule has 4 rings (SSSR count). The fourth-order valence-electron chi connectivity index (χ4n) is 4.03. The van der Waals surface area contributed by atoms with E-state index in [0.29, 0.717) is 18.1 Å². The van der Waals surface area contributed by atoms with Gasteiger partial charge in [0.1, 0.15) is 11.3 Å². The summed E-state index contributed by atoms with van der Waals surface area (Å²) in [5.74, 6) is 1.49. The number of nitrogen functional groups attached to an aromatic ring is 1. The number of hydrogen-bond acceptors (Lipinski definition) is 5. The molecule has 4 N–H and O–H groups in total. The molecule has 0 unspecified atom stereocenters. The second kappa shape index (κ2) is 10.3. The smallest absolute Gasteiger partial charge is 0.343 e. The van der Waals surface area contributed by atoms with Crippen LogP contribution in [0.5, 0.6) is 0 Å². The van der Waals surface area contributed by atoms with Crippen molar-refractivity contribution in [2.24, 2.45) is 5.73 Å². The molecule has 0 aliphatic carbocycles. The first-order valence-electron chi connectivity index (χ1n) is 11.4. The van der Waals surface area contributed by atoms with E-state index in [4.69, 9.17) is 21.3 Å². The standard InChI is InChI=1S/C25H30N6O2/c1-2-3-15-21-29-22-23(19-13-7-8-14-20(19)28-24(22)26)30(21)16-9-10-17-33-31(25(27)32)18-11-5-4-6-12-18/h4-8,11-14H,2-3,9-10,15-17H2,1H3,(H2,26,28)(H2,27,32). The Labute approximate surface area is 193 Å². The van der Waals surface area contributed by atoms with E-state index in [1.165, 1.54) is 0 Å². The van der Waals surface area contributed by atoms with Gasteiger partial charge in [-0.3, -0.25) is 4.84 Å². The predicted molar refractivity (Wildman–Crippen MR) is 132 cm³/mol. The van der Waals surface area contributed by atoms with E-state index in [9.17, 15) is 4.79 Å². The first-order chi connectivity index (χ1) is 16.1. The highest BCUT2D eigenvalue weighted by molar-refractivity contribution is 6.06. The number of benzene rings is 2. The Morgan fingerprint density at radius 3 is 2.55 bits per heavy atom. The molecular formula is C25H30N6O2. The summed E-state index contributed by atoms with van der Waals surface area (Å²) in [6.07, 6.45) is 4.64. The van der Waals surface area contributed by atoms with Gasteiger partial charge in [-0.2, -0.15) is 5.06 Å². The van der Waals surface area contributed by atoms with E-state index in [1.54, 1.807) is 12.1 Å². The monoisotopic (exact) mass is 446 g/mol. The number of primary amides is 1. The minimum Gasteiger partial charge on any atom is -0.382 e. The zero-order chi connectivity index (χ0) is 23.2. The number of carbonyl (C=O) groups is 1. The number of hydroxylamine groups is 1. The van der Waals surface area contributed by atoms with Gasteiger partial charge in [0.05, 0.1) is 23.3 Å². The van der Waals surface area contributed by atoms with Crippen molar-refractivity contribution < 1.29 is 9.63 Å². The number of unbranched alkanes of at least 4 members (excludes halogenated alkanes) is 2. The van der Waals surface area contributed by atoms with Gasteiger partial charge in [-0.15, -0.1) is 0 Å². The maximum atomic E-state index is 11.8. The summed E-state index contributed by atoms with van der Waals surface area (Å²) < 4.78 is 2.27. The molecule has 172 valence electrons. The zero-order valence-corrected chi connectivity index (χ0v) is 18.9. The third kappa shape index (κ3) is 4.90. The average molecular weight is 447 g/mol. The van der Waals surface area contributed by atoms with E-state index in [1.807, 2.05) is 36.4 Å². The van der Waals surface area contributed by atoms with Crippen molar-refractivity contribution in [3.8, 4) is 0 Å². The molecule has 33 heavy (non-hydrogen) atoms. The molecule has 0 atom stereocenters. The molecular weight excluding hydrogens is 416 g/mol. The Morgan fingerprint density at radius 1 is 1.03 bits per heavy atom. The van der Waals surface area contributed by atoms with E-state index in [-0.39, 0.29) is 0 Å². The van der Waals surface area contributed by atoms with Gasteiger partial charge in [0.25, 0.3) is 0 Å². The van der Waals surface area contributed by atoms with Crippen LogP contribution in [-0.2, 0) is 17.8 Å². The van der Waals surface area contributed by atoms with Crippen LogP contribution >= 0.6 is 0 Å². The number of amides is 2. The highest BCUT2D eigenvalue weighted by Crippen LogP contribution is 2.29. The first kappa shape index (κ1) is 22.5. The molecule has 2 aromatic carbocycles. The summed E-state index contributed by atoms with van der Waals surface area (Å²) in [5.41, 5.74) is 15.0. The van der Waals surface area contributed by atoms with Crippen LogP contribution in [0.15, 0.2) is 54.6 Å². The van der Waals surface area contributed by atoms with Gasteiger partial charge in [-0.25, -0.2) is 14.8 Å².